The molecule has 7 nitrogen and oxygen atoms in total. The van der Waals surface area contributed by atoms with E-state index in [4.69, 9.17) is 21.1 Å². The van der Waals surface area contributed by atoms with Gasteiger partial charge in [-0.3, -0.25) is 14.9 Å². The van der Waals surface area contributed by atoms with Gasteiger partial charge >= 0.3 is 6.03 Å². The first kappa shape index (κ1) is 24.0. The molecule has 0 bridgehead atoms. The second kappa shape index (κ2) is 10.4. The molecule has 1 N–H and O–H groups in total. The molecule has 1 saturated heterocycles. The van der Waals surface area contributed by atoms with Crippen molar-refractivity contribution in [2.45, 2.75) is 20.5 Å². The summed E-state index contributed by atoms with van der Waals surface area (Å²) in [4.78, 5) is 38.9. The van der Waals surface area contributed by atoms with Crippen LogP contribution in [-0.2, 0) is 16.2 Å². The van der Waals surface area contributed by atoms with Crippen LogP contribution in [0.25, 0.3) is 6.08 Å². The van der Waals surface area contributed by atoms with Crippen molar-refractivity contribution in [2.24, 2.45) is 0 Å². The number of rotatable bonds is 7. The summed E-state index contributed by atoms with van der Waals surface area (Å²) < 4.78 is 11.7. The molecule has 0 aliphatic carbocycles. The van der Waals surface area contributed by atoms with Crippen LogP contribution in [0.4, 0.5) is 10.5 Å². The van der Waals surface area contributed by atoms with Gasteiger partial charge in [0.15, 0.2) is 11.5 Å². The van der Waals surface area contributed by atoms with Crippen LogP contribution in [-0.4, -0.2) is 24.5 Å². The normalized spacial score (nSPS) is 14.8. The van der Waals surface area contributed by atoms with Crippen LogP contribution in [0.5, 0.6) is 11.5 Å². The van der Waals surface area contributed by atoms with E-state index in [1.807, 2.05) is 38.1 Å². The molecule has 8 heteroatoms. The van der Waals surface area contributed by atoms with Crippen molar-refractivity contribution >= 4 is 41.2 Å². The summed E-state index contributed by atoms with van der Waals surface area (Å²) in [5.41, 5.74) is 2.68. The van der Waals surface area contributed by atoms with Crippen molar-refractivity contribution in [2.75, 3.05) is 11.5 Å². The van der Waals surface area contributed by atoms with Crippen LogP contribution >= 0.6 is 11.6 Å². The first-order valence-electron chi connectivity index (χ1n) is 11.0. The Labute approximate surface area is 207 Å². The molecule has 0 radical (unpaired) electrons. The number of imide groups is 2. The molecule has 178 valence electrons. The maximum absolute atomic E-state index is 13.1. The van der Waals surface area contributed by atoms with Crippen molar-refractivity contribution in [3.63, 3.8) is 0 Å². The number of carbonyl (C=O) groups is 3. The quantitative estimate of drug-likeness (QED) is 0.359. The maximum atomic E-state index is 13.1. The molecule has 1 heterocycles. The van der Waals surface area contributed by atoms with Crippen molar-refractivity contribution < 1.29 is 23.9 Å². The van der Waals surface area contributed by atoms with Gasteiger partial charge in [-0.25, -0.2) is 9.69 Å². The number of ether oxygens (including phenoxy) is 2. The number of nitrogens with one attached hydrogen (secondary N) is 1. The van der Waals surface area contributed by atoms with E-state index in [1.54, 1.807) is 36.4 Å². The van der Waals surface area contributed by atoms with Crippen LogP contribution in [0.1, 0.15) is 23.6 Å². The van der Waals surface area contributed by atoms with E-state index < -0.39 is 17.8 Å². The Kier molecular flexibility index (Phi) is 7.17. The second-order valence-corrected chi connectivity index (χ2v) is 8.23. The molecule has 1 fully saturated rings. The first-order valence-corrected chi connectivity index (χ1v) is 11.4. The monoisotopic (exact) mass is 490 g/mol. The van der Waals surface area contributed by atoms with Crippen molar-refractivity contribution in [1.29, 1.82) is 0 Å². The number of barbiturate groups is 1. The third-order valence-corrected chi connectivity index (χ3v) is 5.61. The number of urea groups is 1. The number of carbonyl (C=O) groups excluding carboxylic acids is 3. The van der Waals surface area contributed by atoms with E-state index in [9.17, 15) is 14.4 Å². The van der Waals surface area contributed by atoms with Gasteiger partial charge in [0.05, 0.1) is 17.3 Å². The van der Waals surface area contributed by atoms with Crippen molar-refractivity contribution in [3.8, 4) is 11.5 Å². The molecular weight excluding hydrogens is 468 g/mol. The predicted octanol–water partition coefficient (Wildman–Crippen LogP) is 5.29. The third-order valence-electron chi connectivity index (χ3n) is 5.29. The number of anilines is 1. The number of aryl methyl sites for hydroxylation is 1. The average Bonchev–Trinajstić information content (AvgIpc) is 2.83. The predicted molar refractivity (Wildman–Crippen MR) is 134 cm³/mol. The van der Waals surface area contributed by atoms with E-state index in [1.165, 1.54) is 12.1 Å². The van der Waals surface area contributed by atoms with Crippen molar-refractivity contribution in [3.05, 3.63) is 94.0 Å². The molecule has 0 aromatic heterocycles. The topological polar surface area (TPSA) is 84.9 Å². The summed E-state index contributed by atoms with van der Waals surface area (Å²) in [5.74, 6) is -0.566. The summed E-state index contributed by atoms with van der Waals surface area (Å²) in [5, 5.41) is 2.40. The molecule has 4 amide bonds. The van der Waals surface area contributed by atoms with E-state index in [0.717, 1.165) is 16.0 Å². The average molecular weight is 491 g/mol. The molecule has 1 aliphatic rings. The fourth-order valence-electron chi connectivity index (χ4n) is 3.52. The fourth-order valence-corrected chi connectivity index (χ4v) is 3.74. The zero-order valence-electron chi connectivity index (χ0n) is 19.2. The third kappa shape index (κ3) is 5.36. The zero-order chi connectivity index (χ0) is 24.9. The van der Waals surface area contributed by atoms with E-state index in [-0.39, 0.29) is 16.3 Å². The zero-order valence-corrected chi connectivity index (χ0v) is 20.0. The van der Waals surface area contributed by atoms with Gasteiger partial charge in [-0.15, -0.1) is 0 Å². The first-order chi connectivity index (χ1) is 16.9. The van der Waals surface area contributed by atoms with E-state index in [0.29, 0.717) is 30.3 Å². The van der Waals surface area contributed by atoms with Gasteiger partial charge in [0.25, 0.3) is 11.8 Å². The van der Waals surface area contributed by atoms with Crippen LogP contribution < -0.4 is 19.7 Å². The Morgan fingerprint density at radius 3 is 2.40 bits per heavy atom. The van der Waals surface area contributed by atoms with Gasteiger partial charge in [0.2, 0.25) is 0 Å². The minimum Gasteiger partial charge on any atom is -0.490 e. The Bertz CT molecular complexity index is 1320. The minimum atomic E-state index is -0.861. The summed E-state index contributed by atoms with van der Waals surface area (Å²) in [6.07, 6.45) is 1.40. The summed E-state index contributed by atoms with van der Waals surface area (Å²) in [6.45, 7) is 4.62. The number of para-hydroxylation sites is 1. The lowest BCUT2D eigenvalue weighted by molar-refractivity contribution is -0.122. The molecule has 3 aromatic carbocycles. The van der Waals surface area contributed by atoms with Gasteiger partial charge in [-0.1, -0.05) is 59.6 Å². The highest BCUT2D eigenvalue weighted by atomic mass is 35.5. The standard InChI is InChI=1S/C27H23ClN2O5/c1-3-34-24-15-19(12-13-23(24)35-16-18-10-8-17(2)9-11-18)14-20-25(31)29-27(33)30(26(20)32)22-7-5-4-6-21(22)28/h4-15H,3,16H2,1-2H3,(H,29,31,33)/b20-14+. The minimum absolute atomic E-state index is 0.185. The largest absolute Gasteiger partial charge is 0.490 e. The highest BCUT2D eigenvalue weighted by Crippen LogP contribution is 2.32. The second-order valence-electron chi connectivity index (χ2n) is 7.82. The highest BCUT2D eigenvalue weighted by molar-refractivity contribution is 6.42. The SMILES string of the molecule is CCOc1cc(/C=C2\C(=O)NC(=O)N(c3ccccc3Cl)C2=O)ccc1OCc1ccc(C)cc1. The lowest BCUT2D eigenvalue weighted by Gasteiger charge is -2.27. The Balaban J connectivity index is 1.61. The molecule has 4 rings (SSSR count). The Morgan fingerprint density at radius 1 is 0.943 bits per heavy atom. The van der Waals surface area contributed by atoms with Gasteiger partial charge < -0.3 is 9.47 Å². The fraction of sp³-hybridized carbons (Fsp3) is 0.148. The maximum Gasteiger partial charge on any atom is 0.335 e. The summed E-state index contributed by atoms with van der Waals surface area (Å²) in [7, 11) is 0. The molecule has 0 spiro atoms. The van der Waals surface area contributed by atoms with Crippen LogP contribution in [0, 0.1) is 6.92 Å². The summed E-state index contributed by atoms with van der Waals surface area (Å²) >= 11 is 6.18. The molecule has 1 aliphatic heterocycles. The lowest BCUT2D eigenvalue weighted by atomic mass is 10.1. The van der Waals surface area contributed by atoms with Crippen molar-refractivity contribution in [1.82, 2.24) is 5.32 Å². The Morgan fingerprint density at radius 2 is 1.69 bits per heavy atom. The summed E-state index contributed by atoms with van der Waals surface area (Å²) in [6, 6.07) is 18.7. The lowest BCUT2D eigenvalue weighted by Crippen LogP contribution is -2.54. The van der Waals surface area contributed by atoms with E-state index >= 15 is 0 Å². The molecule has 35 heavy (non-hydrogen) atoms. The van der Waals surface area contributed by atoms with Crippen LogP contribution in [0.3, 0.4) is 0 Å². The van der Waals surface area contributed by atoms with Gasteiger partial charge in [0, 0.05) is 0 Å². The van der Waals surface area contributed by atoms with Crippen LogP contribution in [0.15, 0.2) is 72.3 Å². The Hall–Kier alpha value is -4.10. The molecule has 0 saturated carbocycles. The molecule has 3 aromatic rings. The van der Waals surface area contributed by atoms with E-state index in [2.05, 4.69) is 5.32 Å². The van der Waals surface area contributed by atoms with Gasteiger partial charge in [0.1, 0.15) is 12.2 Å². The smallest absolute Gasteiger partial charge is 0.335 e. The number of hydrogen-bond donors (Lipinski definition) is 1. The number of amides is 4. The molecule has 0 unspecified atom stereocenters. The number of hydrogen-bond acceptors (Lipinski definition) is 5. The number of benzene rings is 3. The number of nitrogens with zero attached hydrogens (tertiary/aromatic N) is 1. The number of halogens is 1. The van der Waals surface area contributed by atoms with Crippen LogP contribution in [0.2, 0.25) is 5.02 Å². The van der Waals surface area contributed by atoms with Gasteiger partial charge in [-0.05, 0) is 55.3 Å². The molecular formula is C27H23ClN2O5. The molecule has 0 atom stereocenters. The van der Waals surface area contributed by atoms with Gasteiger partial charge in [-0.2, -0.15) is 0 Å². The highest BCUT2D eigenvalue weighted by Gasteiger charge is 2.37.